The molecular weight excluding hydrogens is 304 g/mol. The van der Waals surface area contributed by atoms with Gasteiger partial charge < -0.3 is 15.8 Å². The van der Waals surface area contributed by atoms with E-state index in [4.69, 9.17) is 22.1 Å². The molecule has 5 nitrogen and oxygen atoms in total. The molecule has 1 aliphatic carbocycles. The SMILES string of the molecule is COC(=O)C1CCC(CNC(=O)c2ccc(N)c(Cl)c2)CC1. The number of hydrogen-bond acceptors (Lipinski definition) is 4. The molecule has 0 saturated heterocycles. The molecule has 1 amide bonds. The number of ether oxygens (including phenoxy) is 1. The minimum Gasteiger partial charge on any atom is -0.469 e. The average Bonchev–Trinajstić information content (AvgIpc) is 2.54. The second-order valence-corrected chi connectivity index (χ2v) is 6.09. The third-order valence-corrected chi connectivity index (χ3v) is 4.52. The van der Waals surface area contributed by atoms with Crippen molar-refractivity contribution < 1.29 is 14.3 Å². The first-order chi connectivity index (χ1) is 10.5. The van der Waals surface area contributed by atoms with Crippen LogP contribution in [0.15, 0.2) is 18.2 Å². The van der Waals surface area contributed by atoms with Gasteiger partial charge in [-0.1, -0.05) is 11.6 Å². The molecule has 2 rings (SSSR count). The predicted octanol–water partition coefficient (Wildman–Crippen LogP) is 2.63. The number of anilines is 1. The summed E-state index contributed by atoms with van der Waals surface area (Å²) in [6.45, 7) is 0.606. The van der Waals surface area contributed by atoms with Gasteiger partial charge >= 0.3 is 5.97 Å². The van der Waals surface area contributed by atoms with Crippen molar-refractivity contribution in [2.75, 3.05) is 19.4 Å². The first-order valence-electron chi connectivity index (χ1n) is 7.42. The van der Waals surface area contributed by atoms with Gasteiger partial charge in [0.05, 0.1) is 23.7 Å². The second-order valence-electron chi connectivity index (χ2n) is 5.69. The number of esters is 1. The summed E-state index contributed by atoms with van der Waals surface area (Å²) in [6, 6.07) is 4.85. The first-order valence-corrected chi connectivity index (χ1v) is 7.80. The van der Waals surface area contributed by atoms with Gasteiger partial charge in [-0.2, -0.15) is 0 Å². The van der Waals surface area contributed by atoms with E-state index in [0.717, 1.165) is 25.7 Å². The molecule has 0 aliphatic heterocycles. The largest absolute Gasteiger partial charge is 0.469 e. The zero-order chi connectivity index (χ0) is 16.1. The molecule has 1 fully saturated rings. The second kappa shape index (κ2) is 7.49. The van der Waals surface area contributed by atoms with Gasteiger partial charge in [-0.05, 0) is 49.8 Å². The minimum atomic E-state index is -0.156. The number of hydrogen-bond donors (Lipinski definition) is 2. The first kappa shape index (κ1) is 16.6. The number of carbonyl (C=O) groups excluding carboxylic acids is 2. The highest BCUT2D eigenvalue weighted by Crippen LogP contribution is 2.29. The molecule has 0 atom stereocenters. The van der Waals surface area contributed by atoms with Crippen LogP contribution in [-0.4, -0.2) is 25.5 Å². The third-order valence-electron chi connectivity index (χ3n) is 4.20. The zero-order valence-corrected chi connectivity index (χ0v) is 13.4. The van der Waals surface area contributed by atoms with Gasteiger partial charge in [-0.25, -0.2) is 0 Å². The number of nitrogens with two attached hydrogens (primary N) is 1. The van der Waals surface area contributed by atoms with E-state index in [1.54, 1.807) is 18.2 Å². The smallest absolute Gasteiger partial charge is 0.308 e. The van der Waals surface area contributed by atoms with Crippen LogP contribution in [0.3, 0.4) is 0 Å². The van der Waals surface area contributed by atoms with Crippen LogP contribution < -0.4 is 11.1 Å². The maximum atomic E-state index is 12.1. The number of rotatable bonds is 4. The zero-order valence-electron chi connectivity index (χ0n) is 12.6. The Kier molecular flexibility index (Phi) is 5.66. The van der Waals surface area contributed by atoms with Gasteiger partial charge in [0.1, 0.15) is 0 Å². The van der Waals surface area contributed by atoms with Gasteiger partial charge in [-0.3, -0.25) is 9.59 Å². The molecule has 0 unspecified atom stereocenters. The summed E-state index contributed by atoms with van der Waals surface area (Å²) < 4.78 is 4.77. The summed E-state index contributed by atoms with van der Waals surface area (Å²) in [5, 5.41) is 3.30. The van der Waals surface area contributed by atoms with E-state index >= 15 is 0 Å². The van der Waals surface area contributed by atoms with Crippen LogP contribution in [0.2, 0.25) is 5.02 Å². The number of amides is 1. The van der Waals surface area contributed by atoms with Crippen molar-refractivity contribution in [2.24, 2.45) is 11.8 Å². The van der Waals surface area contributed by atoms with Crippen molar-refractivity contribution in [2.45, 2.75) is 25.7 Å². The van der Waals surface area contributed by atoms with Crippen LogP contribution >= 0.6 is 11.6 Å². The lowest BCUT2D eigenvalue weighted by atomic mass is 9.82. The summed E-state index contributed by atoms with van der Waals surface area (Å²) >= 11 is 5.92. The number of nitrogens with one attached hydrogen (secondary N) is 1. The van der Waals surface area contributed by atoms with E-state index in [9.17, 15) is 9.59 Å². The highest BCUT2D eigenvalue weighted by atomic mass is 35.5. The summed E-state index contributed by atoms with van der Waals surface area (Å²) in [4.78, 5) is 23.6. The molecule has 22 heavy (non-hydrogen) atoms. The molecule has 1 aromatic carbocycles. The highest BCUT2D eigenvalue weighted by molar-refractivity contribution is 6.33. The van der Waals surface area contributed by atoms with E-state index in [-0.39, 0.29) is 17.8 Å². The van der Waals surface area contributed by atoms with Gasteiger partial charge in [0.25, 0.3) is 5.91 Å². The van der Waals surface area contributed by atoms with Crippen LogP contribution in [0.5, 0.6) is 0 Å². The van der Waals surface area contributed by atoms with E-state index in [0.29, 0.717) is 28.7 Å². The maximum absolute atomic E-state index is 12.1. The van der Waals surface area contributed by atoms with Crippen molar-refractivity contribution in [3.63, 3.8) is 0 Å². The monoisotopic (exact) mass is 324 g/mol. The minimum absolute atomic E-state index is 0.00727. The molecule has 0 radical (unpaired) electrons. The molecule has 6 heteroatoms. The lowest BCUT2D eigenvalue weighted by Gasteiger charge is -2.27. The summed E-state index contributed by atoms with van der Waals surface area (Å²) in [6.07, 6.45) is 3.48. The van der Waals surface area contributed by atoms with Gasteiger partial charge in [0, 0.05) is 12.1 Å². The van der Waals surface area contributed by atoms with Crippen molar-refractivity contribution >= 4 is 29.2 Å². The number of nitrogen functional groups attached to an aromatic ring is 1. The molecule has 0 spiro atoms. The Morgan fingerprint density at radius 1 is 1.32 bits per heavy atom. The van der Waals surface area contributed by atoms with Crippen LogP contribution in [-0.2, 0) is 9.53 Å². The molecule has 0 heterocycles. The fourth-order valence-corrected chi connectivity index (χ4v) is 2.96. The molecule has 0 bridgehead atoms. The number of carbonyl (C=O) groups is 2. The lowest BCUT2D eigenvalue weighted by Crippen LogP contribution is -2.32. The number of benzene rings is 1. The quantitative estimate of drug-likeness (QED) is 0.659. The van der Waals surface area contributed by atoms with Gasteiger partial charge in [-0.15, -0.1) is 0 Å². The van der Waals surface area contributed by atoms with E-state index in [1.807, 2.05) is 0 Å². The molecule has 1 saturated carbocycles. The topological polar surface area (TPSA) is 81.4 Å². The Balaban J connectivity index is 1.80. The molecule has 0 aromatic heterocycles. The van der Waals surface area contributed by atoms with Gasteiger partial charge in [0.15, 0.2) is 0 Å². The normalized spacial score (nSPS) is 21.2. The Morgan fingerprint density at radius 3 is 2.59 bits per heavy atom. The van der Waals surface area contributed by atoms with Crippen molar-refractivity contribution in [1.29, 1.82) is 0 Å². The molecule has 3 N–H and O–H groups in total. The maximum Gasteiger partial charge on any atom is 0.308 e. The lowest BCUT2D eigenvalue weighted by molar-refractivity contribution is -0.146. The summed E-state index contributed by atoms with van der Waals surface area (Å²) in [7, 11) is 1.42. The fourth-order valence-electron chi connectivity index (χ4n) is 2.78. The Bertz CT molecular complexity index is 554. The van der Waals surface area contributed by atoms with Crippen LogP contribution in [0.1, 0.15) is 36.0 Å². The molecule has 1 aliphatic rings. The van der Waals surface area contributed by atoms with Crippen LogP contribution in [0, 0.1) is 11.8 Å². The van der Waals surface area contributed by atoms with E-state index in [1.165, 1.54) is 7.11 Å². The Labute approximate surface area is 135 Å². The van der Waals surface area contributed by atoms with Crippen molar-refractivity contribution in [3.8, 4) is 0 Å². The summed E-state index contributed by atoms with van der Waals surface area (Å²) in [5.41, 5.74) is 6.59. The highest BCUT2D eigenvalue weighted by Gasteiger charge is 2.27. The van der Waals surface area contributed by atoms with Gasteiger partial charge in [0.2, 0.25) is 0 Å². The van der Waals surface area contributed by atoms with E-state index < -0.39 is 0 Å². The number of halogens is 1. The van der Waals surface area contributed by atoms with Crippen molar-refractivity contribution in [1.82, 2.24) is 5.32 Å². The molecular formula is C16H21ClN2O3. The molecule has 1 aromatic rings. The predicted molar refractivity (Wildman–Crippen MR) is 85.7 cm³/mol. The van der Waals surface area contributed by atoms with Crippen molar-refractivity contribution in [3.05, 3.63) is 28.8 Å². The Hall–Kier alpha value is -1.75. The average molecular weight is 325 g/mol. The number of methoxy groups -OCH3 is 1. The third kappa shape index (κ3) is 4.13. The van der Waals surface area contributed by atoms with E-state index in [2.05, 4.69) is 5.32 Å². The van der Waals surface area contributed by atoms with Crippen LogP contribution in [0.4, 0.5) is 5.69 Å². The summed E-state index contributed by atoms with van der Waals surface area (Å²) in [5.74, 6) is 0.123. The standard InChI is InChI=1S/C16H21ClN2O3/c1-22-16(21)11-4-2-10(3-5-11)9-19-15(20)12-6-7-14(18)13(17)8-12/h6-8,10-11H,2-5,9,18H2,1H3,(H,19,20). The molecule has 120 valence electrons. The fraction of sp³-hybridized carbons (Fsp3) is 0.500. The Morgan fingerprint density at radius 2 is 2.00 bits per heavy atom. The van der Waals surface area contributed by atoms with Crippen LogP contribution in [0.25, 0.3) is 0 Å².